The summed E-state index contributed by atoms with van der Waals surface area (Å²) in [7, 11) is 0. The average molecular weight is 223 g/mol. The zero-order chi connectivity index (χ0) is 12.1. The van der Waals surface area contributed by atoms with Crippen LogP contribution in [0.4, 0.5) is 11.4 Å². The normalized spacial score (nSPS) is 12.2. The number of aryl methyl sites for hydroxylation is 1. The van der Waals surface area contributed by atoms with Crippen LogP contribution < -0.4 is 11.1 Å². The van der Waals surface area contributed by atoms with Gasteiger partial charge in [-0.1, -0.05) is 13.0 Å². The maximum absolute atomic E-state index is 10.8. The van der Waals surface area contributed by atoms with Gasteiger partial charge in [-0.05, 0) is 25.0 Å². The van der Waals surface area contributed by atoms with Crippen LogP contribution >= 0.6 is 0 Å². The third-order valence-corrected chi connectivity index (χ3v) is 2.49. The van der Waals surface area contributed by atoms with E-state index in [2.05, 4.69) is 5.32 Å². The third kappa shape index (κ3) is 2.93. The van der Waals surface area contributed by atoms with Gasteiger partial charge in [-0.25, -0.2) is 0 Å². The van der Waals surface area contributed by atoms with Crippen molar-refractivity contribution in [3.05, 3.63) is 33.9 Å². The summed E-state index contributed by atoms with van der Waals surface area (Å²) < 4.78 is 0. The first-order valence-electron chi connectivity index (χ1n) is 5.30. The molecule has 1 atom stereocenters. The highest BCUT2D eigenvalue weighted by atomic mass is 16.6. The van der Waals surface area contributed by atoms with Gasteiger partial charge in [0.25, 0.3) is 5.69 Å². The predicted molar refractivity (Wildman–Crippen MR) is 64.6 cm³/mol. The van der Waals surface area contributed by atoms with Crippen molar-refractivity contribution in [1.82, 2.24) is 0 Å². The molecule has 0 aliphatic heterocycles. The van der Waals surface area contributed by atoms with E-state index in [0.717, 1.165) is 12.0 Å². The highest BCUT2D eigenvalue weighted by molar-refractivity contribution is 5.63. The van der Waals surface area contributed by atoms with Gasteiger partial charge >= 0.3 is 0 Å². The molecule has 0 aromatic heterocycles. The highest BCUT2D eigenvalue weighted by Gasteiger charge is 2.15. The molecule has 0 amide bonds. The molecule has 5 heteroatoms. The fraction of sp³-hybridized carbons (Fsp3) is 0.455. The Morgan fingerprint density at radius 3 is 2.75 bits per heavy atom. The van der Waals surface area contributed by atoms with Crippen molar-refractivity contribution in [3.63, 3.8) is 0 Å². The molecule has 0 heterocycles. The molecule has 1 aromatic rings. The largest absolute Gasteiger partial charge is 0.375 e. The maximum Gasteiger partial charge on any atom is 0.292 e. The van der Waals surface area contributed by atoms with Crippen LogP contribution in [-0.4, -0.2) is 17.5 Å². The minimum atomic E-state index is -0.384. The summed E-state index contributed by atoms with van der Waals surface area (Å²) in [6, 6.07) is 5.09. The van der Waals surface area contributed by atoms with Crippen molar-refractivity contribution in [2.24, 2.45) is 5.73 Å². The summed E-state index contributed by atoms with van der Waals surface area (Å²) in [6.45, 7) is 4.35. The van der Waals surface area contributed by atoms with Gasteiger partial charge in [0.15, 0.2) is 0 Å². The molecular formula is C11H17N3O2. The molecule has 3 N–H and O–H groups in total. The van der Waals surface area contributed by atoms with Crippen molar-refractivity contribution >= 4 is 11.4 Å². The molecule has 0 aliphatic rings. The zero-order valence-electron chi connectivity index (χ0n) is 9.56. The second kappa shape index (κ2) is 5.46. The Labute approximate surface area is 94.8 Å². The van der Waals surface area contributed by atoms with Crippen LogP contribution in [0, 0.1) is 17.0 Å². The fourth-order valence-electron chi connectivity index (χ4n) is 1.47. The van der Waals surface area contributed by atoms with Gasteiger partial charge < -0.3 is 11.1 Å². The van der Waals surface area contributed by atoms with Crippen LogP contribution in [0.15, 0.2) is 18.2 Å². The molecule has 0 saturated heterocycles. The molecule has 16 heavy (non-hydrogen) atoms. The Balaban J connectivity index is 3.00. The summed E-state index contributed by atoms with van der Waals surface area (Å²) >= 11 is 0. The van der Waals surface area contributed by atoms with Crippen LogP contribution in [0.25, 0.3) is 0 Å². The van der Waals surface area contributed by atoms with Crippen LogP contribution in [-0.2, 0) is 0 Å². The second-order valence-electron chi connectivity index (χ2n) is 3.76. The minimum Gasteiger partial charge on any atom is -0.375 e. The van der Waals surface area contributed by atoms with E-state index < -0.39 is 0 Å². The fourth-order valence-corrected chi connectivity index (χ4v) is 1.47. The van der Waals surface area contributed by atoms with Crippen molar-refractivity contribution in [1.29, 1.82) is 0 Å². The molecule has 0 aliphatic carbocycles. The Hall–Kier alpha value is -1.62. The zero-order valence-corrected chi connectivity index (χ0v) is 9.56. The van der Waals surface area contributed by atoms with E-state index in [0.29, 0.717) is 12.2 Å². The number of nitro benzene ring substituents is 1. The summed E-state index contributed by atoms with van der Waals surface area (Å²) in [5.41, 5.74) is 7.19. The lowest BCUT2D eigenvalue weighted by molar-refractivity contribution is -0.384. The minimum absolute atomic E-state index is 0.0699. The molecule has 0 spiro atoms. The lowest BCUT2D eigenvalue weighted by atomic mass is 10.1. The van der Waals surface area contributed by atoms with E-state index in [-0.39, 0.29) is 16.7 Å². The van der Waals surface area contributed by atoms with E-state index in [1.807, 2.05) is 13.8 Å². The maximum atomic E-state index is 10.8. The Morgan fingerprint density at radius 2 is 2.25 bits per heavy atom. The van der Waals surface area contributed by atoms with E-state index in [1.165, 1.54) is 6.07 Å². The van der Waals surface area contributed by atoms with E-state index in [4.69, 9.17) is 5.73 Å². The lowest BCUT2D eigenvalue weighted by Crippen LogP contribution is -2.28. The monoisotopic (exact) mass is 223 g/mol. The number of hydrogen-bond acceptors (Lipinski definition) is 4. The Bertz CT molecular complexity index is 375. The van der Waals surface area contributed by atoms with Crippen molar-refractivity contribution < 1.29 is 4.92 Å². The van der Waals surface area contributed by atoms with Gasteiger partial charge in [-0.3, -0.25) is 10.1 Å². The smallest absolute Gasteiger partial charge is 0.292 e. The predicted octanol–water partition coefficient (Wildman–Crippen LogP) is 2.05. The Kier molecular flexibility index (Phi) is 4.25. The van der Waals surface area contributed by atoms with Crippen molar-refractivity contribution in [2.45, 2.75) is 26.3 Å². The van der Waals surface area contributed by atoms with E-state index >= 15 is 0 Å². The number of anilines is 1. The van der Waals surface area contributed by atoms with Crippen molar-refractivity contribution in [2.75, 3.05) is 11.9 Å². The number of nitrogens with zero attached hydrogens (tertiary/aromatic N) is 1. The second-order valence-corrected chi connectivity index (χ2v) is 3.76. The summed E-state index contributed by atoms with van der Waals surface area (Å²) in [4.78, 5) is 10.4. The third-order valence-electron chi connectivity index (χ3n) is 2.49. The quantitative estimate of drug-likeness (QED) is 0.591. The molecule has 1 aromatic carbocycles. The highest BCUT2D eigenvalue weighted by Crippen LogP contribution is 2.26. The molecule has 0 saturated carbocycles. The van der Waals surface area contributed by atoms with Crippen LogP contribution in [0.1, 0.15) is 18.9 Å². The van der Waals surface area contributed by atoms with Gasteiger partial charge in [0.1, 0.15) is 5.69 Å². The number of hydrogen-bond donors (Lipinski definition) is 2. The number of benzene rings is 1. The summed E-state index contributed by atoms with van der Waals surface area (Å²) in [5, 5.41) is 13.9. The summed E-state index contributed by atoms with van der Waals surface area (Å²) in [5.74, 6) is 0. The van der Waals surface area contributed by atoms with Gasteiger partial charge in [-0.2, -0.15) is 0 Å². The lowest BCUT2D eigenvalue weighted by Gasteiger charge is -2.16. The van der Waals surface area contributed by atoms with Gasteiger partial charge in [0.05, 0.1) is 4.92 Å². The average Bonchev–Trinajstić information content (AvgIpc) is 2.25. The van der Waals surface area contributed by atoms with Crippen LogP contribution in [0.5, 0.6) is 0 Å². The number of nitro groups is 1. The molecule has 0 radical (unpaired) electrons. The molecule has 5 nitrogen and oxygen atoms in total. The first kappa shape index (κ1) is 12.4. The first-order valence-corrected chi connectivity index (χ1v) is 5.30. The SMILES string of the molecule is CCC(CN)Nc1cc(C)ccc1[N+](=O)[O-]. The first-order chi connectivity index (χ1) is 7.58. The number of nitrogens with two attached hydrogens (primary N) is 1. The van der Waals surface area contributed by atoms with Crippen molar-refractivity contribution in [3.8, 4) is 0 Å². The molecular weight excluding hydrogens is 206 g/mol. The van der Waals surface area contributed by atoms with Gasteiger partial charge in [0, 0.05) is 18.7 Å². The van der Waals surface area contributed by atoms with Crippen LogP contribution in [0.3, 0.4) is 0 Å². The van der Waals surface area contributed by atoms with Gasteiger partial charge in [0.2, 0.25) is 0 Å². The standard InChI is InChI=1S/C11H17N3O2/c1-3-9(7-12)13-10-6-8(2)4-5-11(10)14(15)16/h4-6,9,13H,3,7,12H2,1-2H3. The van der Waals surface area contributed by atoms with E-state index in [9.17, 15) is 10.1 Å². The molecule has 0 bridgehead atoms. The van der Waals surface area contributed by atoms with Gasteiger partial charge in [-0.15, -0.1) is 0 Å². The molecule has 1 rings (SSSR count). The number of rotatable bonds is 5. The van der Waals surface area contributed by atoms with Crippen LogP contribution in [0.2, 0.25) is 0 Å². The summed E-state index contributed by atoms with van der Waals surface area (Å²) in [6.07, 6.45) is 0.835. The van der Waals surface area contributed by atoms with E-state index in [1.54, 1.807) is 12.1 Å². The molecule has 0 fully saturated rings. The number of nitrogens with one attached hydrogen (secondary N) is 1. The molecule has 88 valence electrons. The Morgan fingerprint density at radius 1 is 1.56 bits per heavy atom. The molecule has 1 unspecified atom stereocenters. The topological polar surface area (TPSA) is 81.2 Å².